The fourth-order valence-corrected chi connectivity index (χ4v) is 1.31. The van der Waals surface area contributed by atoms with Crippen LogP contribution in [-0.2, 0) is 19.1 Å². The highest BCUT2D eigenvalue weighted by atomic mass is 32.2. The quantitative estimate of drug-likeness (QED) is 0.635. The van der Waals surface area contributed by atoms with Crippen LogP contribution in [0.15, 0.2) is 0 Å². The molecule has 0 saturated carbocycles. The summed E-state index contributed by atoms with van der Waals surface area (Å²) < 4.78 is 65.1. The molecule has 0 atom stereocenters. The van der Waals surface area contributed by atoms with E-state index in [1.165, 1.54) is 0 Å². The lowest BCUT2D eigenvalue weighted by Crippen LogP contribution is -2.41. The normalized spacial score (nSPS) is 21.1. The Hall–Kier alpha value is -0.380. The van der Waals surface area contributed by atoms with Gasteiger partial charge in [0.15, 0.2) is 0 Å². The van der Waals surface area contributed by atoms with Crippen LogP contribution in [0.5, 0.6) is 0 Å². The van der Waals surface area contributed by atoms with Gasteiger partial charge in [0.25, 0.3) is 0 Å². The second-order valence-electron chi connectivity index (χ2n) is 2.52. The molecule has 1 aliphatic heterocycles. The highest BCUT2D eigenvalue weighted by molar-refractivity contribution is 7.87. The first-order valence-electron chi connectivity index (χ1n) is 3.66. The van der Waals surface area contributed by atoms with Crippen LogP contribution in [-0.4, -0.2) is 45.3 Å². The van der Waals surface area contributed by atoms with Gasteiger partial charge < -0.3 is 4.74 Å². The molecule has 14 heavy (non-hydrogen) atoms. The standard InChI is InChI=1S/C5H8F3NO4S/c6-5(7,8)14(10,11)13-9-1-3-12-4-2-9/h1-4H2. The third-order valence-corrected chi connectivity index (χ3v) is 2.43. The van der Waals surface area contributed by atoms with Gasteiger partial charge in [-0.2, -0.15) is 30.9 Å². The van der Waals surface area contributed by atoms with E-state index in [0.717, 1.165) is 0 Å². The van der Waals surface area contributed by atoms with Crippen LogP contribution in [0.2, 0.25) is 0 Å². The zero-order valence-corrected chi connectivity index (χ0v) is 7.77. The number of alkyl halides is 3. The van der Waals surface area contributed by atoms with Crippen molar-refractivity contribution in [3.63, 3.8) is 0 Å². The van der Waals surface area contributed by atoms with E-state index in [1.54, 1.807) is 0 Å². The summed E-state index contributed by atoms with van der Waals surface area (Å²) in [6.45, 7) is 0.283. The van der Waals surface area contributed by atoms with Gasteiger partial charge in [-0.3, -0.25) is 0 Å². The highest BCUT2D eigenvalue weighted by Crippen LogP contribution is 2.25. The molecule has 0 aromatic carbocycles. The molecule has 0 aliphatic carbocycles. The molecule has 9 heteroatoms. The Balaban J connectivity index is 2.58. The Bertz CT molecular complexity index is 282. The molecular weight excluding hydrogens is 227 g/mol. The summed E-state index contributed by atoms with van der Waals surface area (Å²) in [6, 6.07) is 0. The first-order chi connectivity index (χ1) is 6.33. The Morgan fingerprint density at radius 1 is 1.21 bits per heavy atom. The number of hydroxylamine groups is 2. The SMILES string of the molecule is O=S(=O)(ON1CCOCC1)C(F)(F)F. The van der Waals surface area contributed by atoms with Crippen molar-refractivity contribution in [3.8, 4) is 0 Å². The molecular formula is C5H8F3NO4S. The fourth-order valence-electron chi connectivity index (χ4n) is 0.802. The van der Waals surface area contributed by atoms with Crippen molar-refractivity contribution in [2.24, 2.45) is 0 Å². The van der Waals surface area contributed by atoms with Gasteiger partial charge in [0.1, 0.15) is 0 Å². The zero-order chi connectivity index (χ0) is 10.8. The number of morpholine rings is 1. The van der Waals surface area contributed by atoms with E-state index < -0.39 is 15.6 Å². The Morgan fingerprint density at radius 2 is 1.71 bits per heavy atom. The summed E-state index contributed by atoms with van der Waals surface area (Å²) in [5.41, 5.74) is -5.38. The van der Waals surface area contributed by atoms with Gasteiger partial charge in [0.2, 0.25) is 0 Å². The van der Waals surface area contributed by atoms with Gasteiger partial charge in [-0.25, -0.2) is 0 Å². The van der Waals surface area contributed by atoms with Crippen LogP contribution in [0.1, 0.15) is 0 Å². The first kappa shape index (κ1) is 11.7. The lowest BCUT2D eigenvalue weighted by Gasteiger charge is -2.25. The van der Waals surface area contributed by atoms with Crippen molar-refractivity contribution < 1.29 is 30.6 Å². The van der Waals surface area contributed by atoms with Gasteiger partial charge in [0, 0.05) is 13.1 Å². The summed E-state index contributed by atoms with van der Waals surface area (Å²) in [5, 5.41) is 0.715. The van der Waals surface area contributed by atoms with E-state index in [9.17, 15) is 21.6 Å². The maximum absolute atomic E-state index is 11.8. The summed E-state index contributed by atoms with van der Waals surface area (Å²) in [4.78, 5) is 0. The molecule has 1 fully saturated rings. The average molecular weight is 235 g/mol. The third-order valence-electron chi connectivity index (χ3n) is 1.46. The van der Waals surface area contributed by atoms with Crippen LogP contribution >= 0.6 is 0 Å². The number of ether oxygens (including phenoxy) is 1. The number of hydrogen-bond donors (Lipinski definition) is 0. The summed E-state index contributed by atoms with van der Waals surface area (Å²) in [7, 11) is -5.53. The second-order valence-corrected chi connectivity index (χ2v) is 4.04. The Kier molecular flexibility index (Phi) is 3.35. The molecule has 0 N–H and O–H groups in total. The lowest BCUT2D eigenvalue weighted by atomic mass is 10.5. The van der Waals surface area contributed by atoms with Gasteiger partial charge >= 0.3 is 15.6 Å². The minimum atomic E-state index is -5.53. The van der Waals surface area contributed by atoms with E-state index in [-0.39, 0.29) is 26.3 Å². The summed E-state index contributed by atoms with van der Waals surface area (Å²) >= 11 is 0. The predicted octanol–water partition coefficient (Wildman–Crippen LogP) is 0.0998. The molecule has 0 unspecified atom stereocenters. The first-order valence-corrected chi connectivity index (χ1v) is 5.07. The predicted molar refractivity (Wildman–Crippen MR) is 38.5 cm³/mol. The molecule has 0 spiro atoms. The Labute approximate surface area is 78.5 Å². The number of rotatable bonds is 2. The van der Waals surface area contributed by atoms with Gasteiger partial charge in [-0.05, 0) is 0 Å². The molecule has 0 amide bonds. The largest absolute Gasteiger partial charge is 0.524 e. The molecule has 1 aliphatic rings. The minimum Gasteiger partial charge on any atom is -0.379 e. The lowest BCUT2D eigenvalue weighted by molar-refractivity contribution is -0.135. The zero-order valence-electron chi connectivity index (χ0n) is 6.95. The van der Waals surface area contributed by atoms with Crippen molar-refractivity contribution in [1.29, 1.82) is 0 Å². The molecule has 1 heterocycles. The summed E-state index contributed by atoms with van der Waals surface area (Å²) in [6.07, 6.45) is 0. The second kappa shape index (κ2) is 4.01. The molecule has 5 nitrogen and oxygen atoms in total. The molecule has 0 aromatic heterocycles. The van der Waals surface area contributed by atoms with Crippen molar-refractivity contribution >= 4 is 10.1 Å². The van der Waals surface area contributed by atoms with Crippen LogP contribution in [0.3, 0.4) is 0 Å². The number of halogens is 3. The van der Waals surface area contributed by atoms with E-state index in [4.69, 9.17) is 4.74 Å². The van der Waals surface area contributed by atoms with E-state index in [0.29, 0.717) is 5.06 Å². The van der Waals surface area contributed by atoms with Crippen LogP contribution < -0.4 is 0 Å². The number of hydrogen-bond acceptors (Lipinski definition) is 5. The average Bonchev–Trinajstić information content (AvgIpc) is 2.03. The molecule has 0 aromatic rings. The molecule has 1 saturated heterocycles. The van der Waals surface area contributed by atoms with Crippen molar-refractivity contribution in [2.75, 3.05) is 26.3 Å². The van der Waals surface area contributed by atoms with Gasteiger partial charge in [0.05, 0.1) is 13.2 Å². The smallest absolute Gasteiger partial charge is 0.379 e. The van der Waals surface area contributed by atoms with Crippen molar-refractivity contribution in [2.45, 2.75) is 5.51 Å². The number of nitrogens with zero attached hydrogens (tertiary/aromatic N) is 1. The molecule has 0 radical (unpaired) electrons. The minimum absolute atomic E-state index is 0.00465. The van der Waals surface area contributed by atoms with Crippen molar-refractivity contribution in [3.05, 3.63) is 0 Å². The maximum atomic E-state index is 11.8. The Morgan fingerprint density at radius 3 is 2.14 bits per heavy atom. The molecule has 1 rings (SSSR count). The summed E-state index contributed by atoms with van der Waals surface area (Å²) in [5.74, 6) is 0. The monoisotopic (exact) mass is 235 g/mol. The third kappa shape index (κ3) is 2.80. The van der Waals surface area contributed by atoms with Crippen LogP contribution in [0, 0.1) is 0 Å². The van der Waals surface area contributed by atoms with Gasteiger partial charge in [-0.15, -0.1) is 0 Å². The topological polar surface area (TPSA) is 55.8 Å². The highest BCUT2D eigenvalue weighted by Gasteiger charge is 2.49. The molecule has 84 valence electrons. The van der Waals surface area contributed by atoms with Crippen LogP contribution in [0.4, 0.5) is 13.2 Å². The fraction of sp³-hybridized carbons (Fsp3) is 1.00. The van der Waals surface area contributed by atoms with E-state index in [1.807, 2.05) is 0 Å². The van der Waals surface area contributed by atoms with E-state index in [2.05, 4.69) is 4.28 Å². The maximum Gasteiger partial charge on any atom is 0.524 e. The van der Waals surface area contributed by atoms with E-state index >= 15 is 0 Å². The van der Waals surface area contributed by atoms with Crippen LogP contribution in [0.25, 0.3) is 0 Å². The molecule has 0 bridgehead atoms. The van der Waals surface area contributed by atoms with Gasteiger partial charge in [-0.1, -0.05) is 0 Å². The van der Waals surface area contributed by atoms with Crippen molar-refractivity contribution in [1.82, 2.24) is 5.06 Å².